The highest BCUT2D eigenvalue weighted by Gasteiger charge is 2.66. The molecule has 5 aromatic rings. The summed E-state index contributed by atoms with van der Waals surface area (Å²) in [6, 6.07) is 37.4. The summed E-state index contributed by atoms with van der Waals surface area (Å²) in [7, 11) is -3.14. The van der Waals surface area contributed by atoms with Crippen molar-refractivity contribution < 1.29 is 33.8 Å². The average Bonchev–Trinajstić information content (AvgIpc) is 3.58. The van der Waals surface area contributed by atoms with Crippen molar-refractivity contribution >= 4 is 43.1 Å². The number of anilines is 3. The second kappa shape index (κ2) is 14.1. The van der Waals surface area contributed by atoms with E-state index in [9.17, 15) is 19.5 Å². The number of amides is 3. The van der Waals surface area contributed by atoms with Crippen LogP contribution >= 0.6 is 0 Å². The molecule has 3 amide bonds. The van der Waals surface area contributed by atoms with Crippen LogP contribution in [-0.2, 0) is 39.4 Å². The minimum absolute atomic E-state index is 0.0699. The van der Waals surface area contributed by atoms with Crippen LogP contribution in [-0.4, -0.2) is 59.6 Å². The van der Waals surface area contributed by atoms with Gasteiger partial charge < -0.3 is 29.2 Å². The van der Waals surface area contributed by atoms with E-state index in [1.807, 2.05) is 123 Å². The van der Waals surface area contributed by atoms with Crippen molar-refractivity contribution in [1.29, 1.82) is 0 Å². The molecular formula is C46H45N3O7Si. The van der Waals surface area contributed by atoms with E-state index in [0.29, 0.717) is 52.7 Å². The highest BCUT2D eigenvalue weighted by atomic mass is 28.4. The molecule has 0 aromatic heterocycles. The predicted octanol–water partition coefficient (Wildman–Crippen LogP) is 7.45. The van der Waals surface area contributed by atoms with Gasteiger partial charge in [-0.15, -0.1) is 0 Å². The van der Waals surface area contributed by atoms with Gasteiger partial charge in [-0.25, -0.2) is 0 Å². The van der Waals surface area contributed by atoms with Gasteiger partial charge in [-0.1, -0.05) is 85.8 Å². The smallest absolute Gasteiger partial charge is 0.266 e. The van der Waals surface area contributed by atoms with Crippen molar-refractivity contribution in [2.45, 2.75) is 69.2 Å². The van der Waals surface area contributed by atoms with Crippen LogP contribution in [0.25, 0.3) is 0 Å². The number of nitrogens with zero attached hydrogens (tertiary/aromatic N) is 3. The third kappa shape index (κ3) is 6.08. The highest BCUT2D eigenvalue weighted by Crippen LogP contribution is 2.60. The van der Waals surface area contributed by atoms with Gasteiger partial charge in [-0.2, -0.15) is 0 Å². The van der Waals surface area contributed by atoms with Gasteiger partial charge in [0.1, 0.15) is 5.75 Å². The number of carbonyl (C=O) groups is 3. The number of para-hydroxylation sites is 3. The lowest BCUT2D eigenvalue weighted by Gasteiger charge is -2.37. The maximum absolute atomic E-state index is 15.3. The molecule has 4 heterocycles. The molecule has 4 aliphatic rings. The van der Waals surface area contributed by atoms with Gasteiger partial charge in [0.25, 0.3) is 11.8 Å². The third-order valence-electron chi connectivity index (χ3n) is 12.3. The summed E-state index contributed by atoms with van der Waals surface area (Å²) in [5.74, 6) is -0.365. The molecule has 0 saturated carbocycles. The van der Waals surface area contributed by atoms with Gasteiger partial charge in [-0.05, 0) is 78.7 Å². The maximum Gasteiger partial charge on any atom is 0.266 e. The molecule has 2 N–H and O–H groups in total. The summed E-state index contributed by atoms with van der Waals surface area (Å²) in [6.07, 6.45) is -0.335. The first-order valence-electron chi connectivity index (χ1n) is 19.6. The molecule has 0 unspecified atom stereocenters. The van der Waals surface area contributed by atoms with E-state index in [0.717, 1.165) is 16.7 Å². The van der Waals surface area contributed by atoms with E-state index < -0.39 is 37.5 Å². The molecule has 4 aliphatic heterocycles. The molecule has 10 nitrogen and oxygen atoms in total. The first-order valence-corrected chi connectivity index (χ1v) is 22.6. The zero-order chi connectivity index (χ0) is 39.6. The summed E-state index contributed by atoms with van der Waals surface area (Å²) >= 11 is 0. The summed E-state index contributed by atoms with van der Waals surface area (Å²) in [5.41, 5.74) is 3.66. The van der Waals surface area contributed by atoms with Crippen LogP contribution in [0.4, 0.5) is 17.1 Å². The second-order valence-electron chi connectivity index (χ2n) is 16.2. The Hall–Kier alpha value is -5.59. The number of carbonyl (C=O) groups excluding carboxylic acids is 3. The SMILES string of the molecule is C[C@@H]1[C@@H]([Si](C)(C)O)[C@H](CC(=O)N2Cc3ccccc3C[C@H]2CO)O[C@@]12C(=O)N(Cc1ccccc1)c1ccc(N3C(=O)c4ccccc4Oc4ccccc43)cc12. The largest absolute Gasteiger partial charge is 0.454 e. The first kappa shape index (κ1) is 37.0. The molecule has 0 radical (unpaired) electrons. The van der Waals surface area contributed by atoms with Crippen LogP contribution in [0.1, 0.15) is 46.0 Å². The Morgan fingerprint density at radius 2 is 1.53 bits per heavy atom. The zero-order valence-electron chi connectivity index (χ0n) is 32.2. The van der Waals surface area contributed by atoms with Crippen LogP contribution in [0.5, 0.6) is 11.5 Å². The van der Waals surface area contributed by atoms with Crippen LogP contribution in [0.2, 0.25) is 18.6 Å². The Morgan fingerprint density at radius 3 is 2.28 bits per heavy atom. The Labute approximate surface area is 333 Å². The topological polar surface area (TPSA) is 120 Å². The van der Waals surface area contributed by atoms with Gasteiger partial charge in [0.15, 0.2) is 19.7 Å². The van der Waals surface area contributed by atoms with Gasteiger partial charge in [0.2, 0.25) is 5.91 Å². The quantitative estimate of drug-likeness (QED) is 0.165. The molecule has 1 fully saturated rings. The Morgan fingerprint density at radius 1 is 0.842 bits per heavy atom. The zero-order valence-corrected chi connectivity index (χ0v) is 33.2. The fraction of sp³-hybridized carbons (Fsp3) is 0.283. The molecule has 5 aromatic carbocycles. The molecular weight excluding hydrogens is 735 g/mol. The lowest BCUT2D eigenvalue weighted by Crippen LogP contribution is -2.48. The maximum atomic E-state index is 15.3. The minimum atomic E-state index is -3.14. The fourth-order valence-corrected chi connectivity index (χ4v) is 12.3. The minimum Gasteiger partial charge on any atom is -0.454 e. The number of hydrogen-bond donors (Lipinski definition) is 2. The normalized spacial score (nSPS) is 23.8. The van der Waals surface area contributed by atoms with Crippen molar-refractivity contribution in [1.82, 2.24) is 4.90 Å². The van der Waals surface area contributed by atoms with E-state index in [1.165, 1.54) is 0 Å². The Bertz CT molecular complexity index is 2400. The molecule has 57 heavy (non-hydrogen) atoms. The molecule has 0 aliphatic carbocycles. The molecule has 1 saturated heterocycles. The van der Waals surface area contributed by atoms with E-state index >= 15 is 4.79 Å². The lowest BCUT2D eigenvalue weighted by molar-refractivity contribution is -0.151. The van der Waals surface area contributed by atoms with Gasteiger partial charge >= 0.3 is 0 Å². The fourth-order valence-electron chi connectivity index (χ4n) is 9.72. The number of aliphatic hydroxyl groups is 1. The van der Waals surface area contributed by atoms with E-state index in [2.05, 4.69) is 0 Å². The molecule has 5 atom stereocenters. The first-order chi connectivity index (χ1) is 27.5. The second-order valence-corrected chi connectivity index (χ2v) is 20.2. The van der Waals surface area contributed by atoms with Gasteiger partial charge in [0.05, 0.1) is 48.7 Å². The predicted molar refractivity (Wildman–Crippen MR) is 219 cm³/mol. The Balaban J connectivity index is 1.16. The van der Waals surface area contributed by atoms with Crippen molar-refractivity contribution in [3.63, 3.8) is 0 Å². The summed E-state index contributed by atoms with van der Waals surface area (Å²) in [6.45, 7) is 6.06. The number of rotatable bonds is 7. The van der Waals surface area contributed by atoms with Crippen molar-refractivity contribution in [2.75, 3.05) is 16.4 Å². The molecule has 11 heteroatoms. The van der Waals surface area contributed by atoms with Crippen LogP contribution < -0.4 is 14.5 Å². The number of hydrogen-bond acceptors (Lipinski definition) is 7. The summed E-state index contributed by atoms with van der Waals surface area (Å²) < 4.78 is 13.4. The highest BCUT2D eigenvalue weighted by molar-refractivity contribution is 6.71. The number of ether oxygens (including phenoxy) is 2. The van der Waals surface area contributed by atoms with Crippen molar-refractivity contribution in [3.8, 4) is 11.5 Å². The monoisotopic (exact) mass is 779 g/mol. The molecule has 9 rings (SSSR count). The summed E-state index contributed by atoms with van der Waals surface area (Å²) in [4.78, 5) is 61.3. The van der Waals surface area contributed by atoms with Crippen LogP contribution in [0, 0.1) is 5.92 Å². The van der Waals surface area contributed by atoms with Crippen LogP contribution in [0.3, 0.4) is 0 Å². The van der Waals surface area contributed by atoms with Crippen LogP contribution in [0.15, 0.2) is 121 Å². The third-order valence-corrected chi connectivity index (χ3v) is 14.8. The van der Waals surface area contributed by atoms with E-state index in [4.69, 9.17) is 9.47 Å². The van der Waals surface area contributed by atoms with Crippen molar-refractivity contribution in [3.05, 3.63) is 149 Å². The standard InChI is InChI=1S/C46H45N3O7Si/c1-29-43(57(2,3)54)41(25-42(51)47-27-32-16-8-7-15-31(32)23-34(47)28-50)56-46(29)36-24-33(21-22-37(36)48(45(46)53)26-30-13-5-4-6-14-30)49-38-18-10-12-20-40(38)55-39-19-11-9-17-35(39)44(49)52/h4-22,24,29,34,41,43,50,54H,23,25-28H2,1-3H3/t29-,34+,41+,43-,46+/m1/s1. The van der Waals surface area contributed by atoms with E-state index in [1.54, 1.807) is 32.9 Å². The van der Waals surface area contributed by atoms with Gasteiger partial charge in [-0.3, -0.25) is 19.3 Å². The van der Waals surface area contributed by atoms with Crippen molar-refractivity contribution in [2.24, 2.45) is 5.92 Å². The number of aliphatic hydroxyl groups excluding tert-OH is 1. The molecule has 1 spiro atoms. The Kier molecular flexibility index (Phi) is 9.16. The molecule has 290 valence electrons. The van der Waals surface area contributed by atoms with Gasteiger partial charge in [0, 0.05) is 29.3 Å². The number of fused-ring (bicyclic) bond motifs is 5. The summed E-state index contributed by atoms with van der Waals surface area (Å²) in [5, 5.41) is 10.4. The number of benzene rings is 5. The lowest BCUT2D eigenvalue weighted by atomic mass is 9.82. The van der Waals surface area contributed by atoms with E-state index in [-0.39, 0.29) is 37.3 Å². The molecule has 0 bridgehead atoms. The average molecular weight is 780 g/mol.